The fourth-order valence-electron chi connectivity index (χ4n) is 7.55. The number of hydrogen-bond acceptors (Lipinski definition) is 11. The molecule has 4 aromatic heterocycles. The van der Waals surface area contributed by atoms with E-state index in [-0.39, 0.29) is 0 Å². The molecule has 13 heteroatoms. The number of benzene rings is 6. The Hall–Kier alpha value is -7.18. The number of para-hydroxylation sites is 4. The summed E-state index contributed by atoms with van der Waals surface area (Å²) in [6, 6.07) is 47.7. The molecule has 11 nitrogen and oxygen atoms in total. The summed E-state index contributed by atoms with van der Waals surface area (Å²) >= 11 is 12.7. The summed E-state index contributed by atoms with van der Waals surface area (Å²) in [5.74, 6) is 6.17. The number of nitrogens with zero attached hydrogens (tertiary/aromatic N) is 8. The fraction of sp³-hybridized carbons (Fsp3) is 0.254. The third-order valence-electron chi connectivity index (χ3n) is 12.9. The van der Waals surface area contributed by atoms with Gasteiger partial charge in [-0.05, 0) is 72.8 Å². The molecule has 0 saturated carbocycles. The van der Waals surface area contributed by atoms with Crippen LogP contribution in [0.3, 0.4) is 0 Å². The Labute approximate surface area is 432 Å². The van der Waals surface area contributed by atoms with E-state index >= 15 is 0 Å². The molecule has 4 heterocycles. The van der Waals surface area contributed by atoms with Gasteiger partial charge < -0.3 is 16.4 Å². The lowest BCUT2D eigenvalue weighted by Crippen LogP contribution is -2.12. The zero-order chi connectivity index (χ0) is 50.6. The van der Waals surface area contributed by atoms with Crippen LogP contribution in [-0.2, 0) is 0 Å². The third-order valence-corrected chi connectivity index (χ3v) is 13.4. The molecule has 366 valence electrons. The minimum Gasteiger partial charge on any atom is -0.369 e. The summed E-state index contributed by atoms with van der Waals surface area (Å²) in [5.41, 5.74) is 12.4. The van der Waals surface area contributed by atoms with Crippen LogP contribution in [0.15, 0.2) is 146 Å². The highest BCUT2D eigenvalue weighted by atomic mass is 35.5. The van der Waals surface area contributed by atoms with Crippen molar-refractivity contribution in [3.05, 3.63) is 156 Å². The fourth-order valence-corrected chi connectivity index (χ4v) is 8.03. The number of aromatic nitrogens is 8. The van der Waals surface area contributed by atoms with Crippen LogP contribution in [0, 0.1) is 17.8 Å². The van der Waals surface area contributed by atoms with Gasteiger partial charge in [-0.3, -0.25) is 0 Å². The molecule has 0 aliphatic carbocycles. The minimum atomic E-state index is 0.439. The van der Waals surface area contributed by atoms with Gasteiger partial charge in [0.2, 0.25) is 0 Å². The van der Waals surface area contributed by atoms with Gasteiger partial charge in [0.25, 0.3) is 0 Å². The maximum atomic E-state index is 6.33. The second-order valence-electron chi connectivity index (χ2n) is 18.2. The second-order valence-corrected chi connectivity index (χ2v) is 18.9. The van der Waals surface area contributed by atoms with Crippen LogP contribution in [-0.4, -0.2) is 59.5 Å². The van der Waals surface area contributed by atoms with Crippen LogP contribution >= 0.6 is 23.2 Å². The zero-order valence-electron chi connectivity index (χ0n) is 41.7. The highest BCUT2D eigenvalue weighted by Gasteiger charge is 2.15. The molecule has 0 amide bonds. The predicted octanol–water partition coefficient (Wildman–Crippen LogP) is 15.0. The molecule has 0 spiro atoms. The number of anilines is 2. The number of fused-ring (bicyclic) bond motifs is 4. The van der Waals surface area contributed by atoms with Crippen molar-refractivity contribution in [3.63, 3.8) is 0 Å². The van der Waals surface area contributed by atoms with Gasteiger partial charge in [0.15, 0.2) is 23.3 Å². The van der Waals surface area contributed by atoms with E-state index in [0.717, 1.165) is 110 Å². The van der Waals surface area contributed by atoms with E-state index in [2.05, 4.69) is 109 Å². The van der Waals surface area contributed by atoms with Gasteiger partial charge in [0.1, 0.15) is 21.9 Å². The summed E-state index contributed by atoms with van der Waals surface area (Å²) in [6.07, 6.45) is 3.45. The molecular weight excluding hydrogens is 934 g/mol. The van der Waals surface area contributed by atoms with E-state index in [1.54, 1.807) is 0 Å². The maximum absolute atomic E-state index is 6.33. The van der Waals surface area contributed by atoms with Crippen molar-refractivity contribution in [1.82, 2.24) is 39.9 Å². The number of nitrogens with one attached hydrogen (secondary N) is 2. The smallest absolute Gasteiger partial charge is 0.162 e. The molecule has 0 aliphatic heterocycles. The van der Waals surface area contributed by atoms with E-state index in [1.165, 1.54) is 6.42 Å². The standard InChI is InChI=1S/C32H36N6.C22H12Cl2N4.C5H13N/c1-5-21(3)19-33-31-25-11-7-9-13-27(25)35-29(37-31)23-15-17-24(18-16-23)30-36-28-14-10-8-12-26(28)32(38-30)34-20-22(4)6-2;23-19-15-5-1-3-7-17(15)25-21(27-19)13-9-11-14(12-10-13)22-26-18-8-4-2-6-16(18)20(24)28-22;1-3-5(2)4-6/h7-18,21-22H,5-6,19-20H2,1-4H3,(H,33,35,37)(H,34,36,38);1-12H;5H,3-4,6H2,1-2H3. The predicted molar refractivity (Wildman–Crippen MR) is 301 cm³/mol. The maximum Gasteiger partial charge on any atom is 0.162 e. The molecule has 10 rings (SSSR count). The Morgan fingerprint density at radius 3 is 0.944 bits per heavy atom. The van der Waals surface area contributed by atoms with Gasteiger partial charge in [0.05, 0.1) is 22.1 Å². The Balaban J connectivity index is 0.000000179. The number of rotatable bonds is 14. The summed E-state index contributed by atoms with van der Waals surface area (Å²) in [4.78, 5) is 37.7. The van der Waals surface area contributed by atoms with E-state index in [1.807, 2.05) is 109 Å². The molecule has 3 unspecified atom stereocenters. The van der Waals surface area contributed by atoms with E-state index in [9.17, 15) is 0 Å². The zero-order valence-corrected chi connectivity index (χ0v) is 43.3. The number of hydrogen-bond donors (Lipinski definition) is 3. The highest BCUT2D eigenvalue weighted by molar-refractivity contribution is 6.34. The van der Waals surface area contributed by atoms with Gasteiger partial charge in [-0.25, -0.2) is 39.9 Å². The average Bonchev–Trinajstić information content (AvgIpc) is 3.43. The molecule has 0 aliphatic rings. The first-order valence-electron chi connectivity index (χ1n) is 24.8. The largest absolute Gasteiger partial charge is 0.369 e. The van der Waals surface area contributed by atoms with Crippen LogP contribution in [0.2, 0.25) is 10.3 Å². The molecule has 0 radical (unpaired) electrons. The first-order chi connectivity index (χ1) is 35.0. The SMILES string of the molecule is CCC(C)CN.CCC(C)CNc1nc(-c2ccc(-c3nc(NCC(C)CC)c4ccccc4n3)cc2)nc2ccccc12.Clc1nc(-c2ccc(-c3nc(Cl)c4ccccc4n3)cc2)nc2ccccc12. The first kappa shape index (κ1) is 51.2. The van der Waals surface area contributed by atoms with Crippen molar-refractivity contribution in [1.29, 1.82) is 0 Å². The third kappa shape index (κ3) is 12.5. The van der Waals surface area contributed by atoms with Crippen molar-refractivity contribution < 1.29 is 0 Å². The Morgan fingerprint density at radius 1 is 0.375 bits per heavy atom. The Morgan fingerprint density at radius 2 is 0.653 bits per heavy atom. The molecule has 10 aromatic rings. The minimum absolute atomic E-state index is 0.439. The van der Waals surface area contributed by atoms with Crippen molar-refractivity contribution in [3.8, 4) is 45.6 Å². The van der Waals surface area contributed by atoms with Crippen LogP contribution in [0.4, 0.5) is 11.6 Å². The lowest BCUT2D eigenvalue weighted by molar-refractivity contribution is 0.576. The second kappa shape index (κ2) is 24.3. The summed E-state index contributed by atoms with van der Waals surface area (Å²) in [7, 11) is 0. The normalized spacial score (nSPS) is 12.4. The van der Waals surface area contributed by atoms with E-state index in [4.69, 9.17) is 48.9 Å². The van der Waals surface area contributed by atoms with E-state index in [0.29, 0.717) is 51.4 Å². The Kier molecular flexibility index (Phi) is 17.3. The lowest BCUT2D eigenvalue weighted by Gasteiger charge is -2.14. The van der Waals surface area contributed by atoms with Crippen molar-refractivity contribution in [2.75, 3.05) is 30.3 Å². The molecule has 0 saturated heterocycles. The topological polar surface area (TPSA) is 153 Å². The summed E-state index contributed by atoms with van der Waals surface area (Å²) in [5, 5.41) is 11.7. The molecule has 4 N–H and O–H groups in total. The molecule has 72 heavy (non-hydrogen) atoms. The Bertz CT molecular complexity index is 3180. The van der Waals surface area contributed by atoms with Gasteiger partial charge in [-0.15, -0.1) is 0 Å². The van der Waals surface area contributed by atoms with Gasteiger partial charge in [-0.1, -0.05) is 181 Å². The van der Waals surface area contributed by atoms with Crippen molar-refractivity contribution in [2.45, 2.75) is 60.8 Å². The van der Waals surface area contributed by atoms with Crippen LogP contribution in [0.25, 0.3) is 89.2 Å². The van der Waals surface area contributed by atoms with E-state index < -0.39 is 0 Å². The molecular formula is C59H61Cl2N11. The summed E-state index contributed by atoms with van der Waals surface area (Å²) in [6.45, 7) is 15.8. The van der Waals surface area contributed by atoms with Crippen LogP contribution < -0.4 is 16.4 Å². The number of nitrogens with two attached hydrogens (primary N) is 1. The lowest BCUT2D eigenvalue weighted by atomic mass is 10.1. The molecule has 3 atom stereocenters. The van der Waals surface area contributed by atoms with Crippen LogP contribution in [0.5, 0.6) is 0 Å². The molecule has 6 aromatic carbocycles. The quantitative estimate of drug-likeness (QED) is 0.0892. The average molecular weight is 995 g/mol. The van der Waals surface area contributed by atoms with Crippen molar-refractivity contribution >= 4 is 78.4 Å². The monoisotopic (exact) mass is 993 g/mol. The number of halogens is 2. The van der Waals surface area contributed by atoms with Crippen molar-refractivity contribution in [2.24, 2.45) is 23.5 Å². The molecule has 0 bridgehead atoms. The molecule has 0 fully saturated rings. The van der Waals surface area contributed by atoms with Crippen LogP contribution in [0.1, 0.15) is 60.8 Å². The first-order valence-corrected chi connectivity index (χ1v) is 25.6. The van der Waals surface area contributed by atoms with Gasteiger partial charge >= 0.3 is 0 Å². The highest BCUT2D eigenvalue weighted by Crippen LogP contribution is 2.31. The van der Waals surface area contributed by atoms with Gasteiger partial charge in [0, 0.05) is 56.9 Å². The van der Waals surface area contributed by atoms with Gasteiger partial charge in [-0.2, -0.15) is 0 Å². The summed E-state index contributed by atoms with van der Waals surface area (Å²) < 4.78 is 0.